The zero-order valence-electron chi connectivity index (χ0n) is 9.88. The molecule has 2 heterocycles. The van der Waals surface area contributed by atoms with Crippen molar-refractivity contribution >= 4 is 0 Å². The molecule has 0 saturated heterocycles. The summed E-state index contributed by atoms with van der Waals surface area (Å²) < 4.78 is 14.9. The second kappa shape index (κ2) is 4.49. The third-order valence-corrected chi connectivity index (χ3v) is 3.40. The van der Waals surface area contributed by atoms with E-state index in [0.29, 0.717) is 0 Å². The Balaban J connectivity index is 2.04. The van der Waals surface area contributed by atoms with Gasteiger partial charge in [0.05, 0.1) is 6.61 Å². The van der Waals surface area contributed by atoms with E-state index in [9.17, 15) is 9.50 Å². The van der Waals surface area contributed by atoms with E-state index in [-0.39, 0.29) is 18.3 Å². The first-order valence-electron chi connectivity index (χ1n) is 6.09. The maximum atomic E-state index is 12.9. The van der Waals surface area contributed by atoms with E-state index < -0.39 is 0 Å². The summed E-state index contributed by atoms with van der Waals surface area (Å²) >= 11 is 0. The molecule has 0 fully saturated rings. The number of aliphatic hydroxyl groups excluding tert-OH is 1. The molecule has 2 aromatic rings. The molecule has 0 saturated carbocycles. The molecule has 4 nitrogen and oxygen atoms in total. The Kier molecular flexibility index (Phi) is 2.83. The van der Waals surface area contributed by atoms with Crippen LogP contribution in [0.2, 0.25) is 0 Å². The predicted molar refractivity (Wildman–Crippen MR) is 64.5 cm³/mol. The zero-order valence-corrected chi connectivity index (χ0v) is 9.88. The topological polar surface area (TPSA) is 50.9 Å². The van der Waals surface area contributed by atoms with Gasteiger partial charge in [-0.25, -0.2) is 4.39 Å². The van der Waals surface area contributed by atoms with Gasteiger partial charge in [-0.15, -0.1) is 10.2 Å². The summed E-state index contributed by atoms with van der Waals surface area (Å²) in [7, 11) is 0. The van der Waals surface area contributed by atoms with Crippen molar-refractivity contribution in [1.29, 1.82) is 0 Å². The maximum absolute atomic E-state index is 12.9. The molecule has 1 aliphatic heterocycles. The normalized spacial score (nSPS) is 18.7. The molecule has 1 N–H and O–H groups in total. The van der Waals surface area contributed by atoms with Gasteiger partial charge < -0.3 is 9.67 Å². The smallest absolute Gasteiger partial charge is 0.163 e. The fourth-order valence-electron chi connectivity index (χ4n) is 2.45. The van der Waals surface area contributed by atoms with E-state index in [0.717, 1.165) is 36.6 Å². The molecular formula is C13H14FN3O. The summed E-state index contributed by atoms with van der Waals surface area (Å²) in [6.07, 6.45) is 1.95. The monoisotopic (exact) mass is 247 g/mol. The van der Waals surface area contributed by atoms with Gasteiger partial charge in [0.2, 0.25) is 0 Å². The maximum Gasteiger partial charge on any atom is 0.163 e. The van der Waals surface area contributed by atoms with Gasteiger partial charge in [0.1, 0.15) is 11.6 Å². The van der Waals surface area contributed by atoms with Crippen molar-refractivity contribution in [2.75, 3.05) is 6.61 Å². The minimum Gasteiger partial charge on any atom is -0.396 e. The molecule has 1 unspecified atom stereocenters. The van der Waals surface area contributed by atoms with Gasteiger partial charge in [0, 0.05) is 18.0 Å². The molecule has 0 amide bonds. The molecular weight excluding hydrogens is 233 g/mol. The van der Waals surface area contributed by atoms with Crippen LogP contribution in [0, 0.1) is 5.82 Å². The van der Waals surface area contributed by atoms with Crippen molar-refractivity contribution < 1.29 is 9.50 Å². The van der Waals surface area contributed by atoms with Crippen LogP contribution in [0.5, 0.6) is 0 Å². The molecule has 94 valence electrons. The number of benzene rings is 1. The third kappa shape index (κ3) is 1.80. The Bertz CT molecular complexity index is 550. The van der Waals surface area contributed by atoms with Crippen molar-refractivity contribution in [3.05, 3.63) is 35.9 Å². The summed E-state index contributed by atoms with van der Waals surface area (Å²) in [5.74, 6) is 1.40. The van der Waals surface area contributed by atoms with E-state index in [1.54, 1.807) is 12.1 Å². The molecule has 0 bridgehead atoms. The van der Waals surface area contributed by atoms with Crippen LogP contribution in [0.25, 0.3) is 11.4 Å². The van der Waals surface area contributed by atoms with Gasteiger partial charge in [-0.2, -0.15) is 0 Å². The number of nitrogens with zero attached hydrogens (tertiary/aromatic N) is 3. The van der Waals surface area contributed by atoms with Crippen LogP contribution in [0.4, 0.5) is 4.39 Å². The summed E-state index contributed by atoms with van der Waals surface area (Å²) in [5.41, 5.74) is 0.855. The lowest BCUT2D eigenvalue weighted by Gasteiger charge is -2.21. The number of hydrogen-bond donors (Lipinski definition) is 1. The zero-order chi connectivity index (χ0) is 12.5. The lowest BCUT2D eigenvalue weighted by atomic mass is 10.00. The van der Waals surface area contributed by atoms with Gasteiger partial charge >= 0.3 is 0 Å². The molecule has 1 aliphatic rings. The minimum absolute atomic E-state index is 0.0699. The van der Waals surface area contributed by atoms with Crippen molar-refractivity contribution in [1.82, 2.24) is 14.8 Å². The molecule has 3 rings (SSSR count). The fraction of sp³-hybridized carbons (Fsp3) is 0.385. The van der Waals surface area contributed by atoms with Gasteiger partial charge in [-0.1, -0.05) is 0 Å². The fourth-order valence-corrected chi connectivity index (χ4v) is 2.45. The minimum atomic E-state index is -0.259. The number of aliphatic hydroxyl groups is 1. The average molecular weight is 247 g/mol. The van der Waals surface area contributed by atoms with Crippen LogP contribution in [0.3, 0.4) is 0 Å². The van der Waals surface area contributed by atoms with Crippen LogP contribution < -0.4 is 0 Å². The highest BCUT2D eigenvalue weighted by molar-refractivity contribution is 5.55. The first-order chi connectivity index (χ1) is 8.79. The molecule has 5 heteroatoms. The Morgan fingerprint density at radius 1 is 1.28 bits per heavy atom. The van der Waals surface area contributed by atoms with Crippen LogP contribution >= 0.6 is 0 Å². The van der Waals surface area contributed by atoms with Gasteiger partial charge in [-0.3, -0.25) is 0 Å². The van der Waals surface area contributed by atoms with Gasteiger partial charge in [0.15, 0.2) is 5.82 Å². The lowest BCUT2D eigenvalue weighted by Crippen LogP contribution is -2.19. The Hall–Kier alpha value is -1.75. The third-order valence-electron chi connectivity index (χ3n) is 3.40. The molecule has 0 radical (unpaired) electrons. The van der Waals surface area contributed by atoms with E-state index >= 15 is 0 Å². The van der Waals surface area contributed by atoms with Gasteiger partial charge in [-0.05, 0) is 37.1 Å². The summed E-state index contributed by atoms with van der Waals surface area (Å²) in [6, 6.07) is 6.25. The van der Waals surface area contributed by atoms with E-state index in [1.165, 1.54) is 12.1 Å². The van der Waals surface area contributed by atoms with Crippen molar-refractivity contribution in [3.63, 3.8) is 0 Å². The molecule has 1 aromatic carbocycles. The molecule has 1 atom stereocenters. The van der Waals surface area contributed by atoms with E-state index in [1.807, 2.05) is 4.57 Å². The number of fused-ring (bicyclic) bond motifs is 1. The number of halogens is 1. The van der Waals surface area contributed by atoms with E-state index in [2.05, 4.69) is 10.2 Å². The summed E-state index contributed by atoms with van der Waals surface area (Å²) in [6.45, 7) is 0.951. The predicted octanol–water partition coefficient (Wildman–Crippen LogP) is 1.95. The number of hydrogen-bond acceptors (Lipinski definition) is 3. The number of rotatable bonds is 2. The molecule has 1 aromatic heterocycles. The molecule has 0 aliphatic carbocycles. The highest BCUT2D eigenvalue weighted by Gasteiger charge is 2.24. The summed E-state index contributed by atoms with van der Waals surface area (Å²) in [4.78, 5) is 0. The van der Waals surface area contributed by atoms with E-state index in [4.69, 9.17) is 0 Å². The van der Waals surface area contributed by atoms with Crippen LogP contribution in [0.1, 0.15) is 24.6 Å². The van der Waals surface area contributed by atoms with Crippen LogP contribution in [-0.2, 0) is 6.54 Å². The first-order valence-corrected chi connectivity index (χ1v) is 6.09. The summed E-state index contributed by atoms with van der Waals surface area (Å²) in [5, 5.41) is 17.7. The molecule has 18 heavy (non-hydrogen) atoms. The second-order valence-corrected chi connectivity index (χ2v) is 4.56. The quantitative estimate of drug-likeness (QED) is 0.882. The standard InChI is InChI=1S/C13H14FN3O/c14-11-5-3-9(4-6-11)12-15-16-13-10(8-18)2-1-7-17(12)13/h3-6,10,18H,1-2,7-8H2. The van der Waals surface area contributed by atoms with Crippen molar-refractivity contribution in [3.8, 4) is 11.4 Å². The van der Waals surface area contributed by atoms with Crippen molar-refractivity contribution in [2.24, 2.45) is 0 Å². The molecule has 0 spiro atoms. The Labute approximate surface area is 104 Å². The first kappa shape index (κ1) is 11.3. The SMILES string of the molecule is OCC1CCCn2c(-c3ccc(F)cc3)nnc21. The Morgan fingerprint density at radius 3 is 2.78 bits per heavy atom. The van der Waals surface area contributed by atoms with Gasteiger partial charge in [0.25, 0.3) is 0 Å². The average Bonchev–Trinajstić information content (AvgIpc) is 2.83. The number of aromatic nitrogens is 3. The largest absolute Gasteiger partial charge is 0.396 e. The van der Waals surface area contributed by atoms with Crippen LogP contribution in [-0.4, -0.2) is 26.5 Å². The highest BCUT2D eigenvalue weighted by atomic mass is 19.1. The highest BCUT2D eigenvalue weighted by Crippen LogP contribution is 2.29. The second-order valence-electron chi connectivity index (χ2n) is 4.56. The Morgan fingerprint density at radius 2 is 2.06 bits per heavy atom. The lowest BCUT2D eigenvalue weighted by molar-refractivity contribution is 0.238. The van der Waals surface area contributed by atoms with Crippen molar-refractivity contribution in [2.45, 2.75) is 25.3 Å². The van der Waals surface area contributed by atoms with Crippen LogP contribution in [0.15, 0.2) is 24.3 Å².